The third-order valence-electron chi connectivity index (χ3n) is 3.85. The van der Waals surface area contributed by atoms with Crippen molar-refractivity contribution in [1.82, 2.24) is 20.2 Å². The minimum absolute atomic E-state index is 0.910. The number of hydrogen-bond acceptors (Lipinski definition) is 4. The molecule has 4 nitrogen and oxygen atoms in total. The van der Waals surface area contributed by atoms with E-state index < -0.39 is 0 Å². The van der Waals surface area contributed by atoms with Crippen LogP contribution in [0.25, 0.3) is 0 Å². The highest BCUT2D eigenvalue weighted by molar-refractivity contribution is 5.29. The molecule has 1 aromatic heterocycles. The van der Waals surface area contributed by atoms with Gasteiger partial charge in [-0.1, -0.05) is 27.2 Å². The molecule has 0 amide bonds. The van der Waals surface area contributed by atoms with Crippen LogP contribution in [0.2, 0.25) is 0 Å². The Bertz CT molecular complexity index is 413. The molecule has 2 rings (SSSR count). The molecule has 0 fully saturated rings. The molecule has 0 saturated heterocycles. The number of aromatic nitrogens is 2. The zero-order chi connectivity index (χ0) is 13.7. The minimum atomic E-state index is 0.910. The summed E-state index contributed by atoms with van der Waals surface area (Å²) < 4.78 is 0. The lowest BCUT2D eigenvalue weighted by atomic mass is 10.1. The Balaban J connectivity index is 2.11. The Labute approximate surface area is 116 Å². The molecule has 0 spiro atoms. The van der Waals surface area contributed by atoms with E-state index in [1.807, 2.05) is 0 Å². The molecule has 106 valence electrons. The highest BCUT2D eigenvalue weighted by Gasteiger charge is 2.18. The zero-order valence-electron chi connectivity index (χ0n) is 12.5. The molecule has 0 unspecified atom stereocenters. The summed E-state index contributed by atoms with van der Waals surface area (Å²) >= 11 is 0. The fourth-order valence-electron chi connectivity index (χ4n) is 2.65. The predicted octanol–water partition coefficient (Wildman–Crippen LogP) is 1.92. The molecule has 0 bridgehead atoms. The van der Waals surface area contributed by atoms with Crippen molar-refractivity contribution in [2.75, 3.05) is 19.6 Å². The highest BCUT2D eigenvalue weighted by atomic mass is 15.1. The molecule has 0 saturated carbocycles. The van der Waals surface area contributed by atoms with Crippen molar-refractivity contribution < 1.29 is 0 Å². The van der Waals surface area contributed by atoms with Gasteiger partial charge in [0.05, 0.1) is 5.69 Å². The van der Waals surface area contributed by atoms with Gasteiger partial charge in [0.15, 0.2) is 0 Å². The monoisotopic (exact) mass is 262 g/mol. The van der Waals surface area contributed by atoms with Gasteiger partial charge in [-0.3, -0.25) is 0 Å². The Morgan fingerprint density at radius 2 is 1.84 bits per heavy atom. The Morgan fingerprint density at radius 1 is 1.05 bits per heavy atom. The molecule has 0 radical (unpaired) electrons. The Hall–Kier alpha value is -1.00. The van der Waals surface area contributed by atoms with E-state index >= 15 is 0 Å². The number of rotatable bonds is 7. The van der Waals surface area contributed by atoms with Crippen molar-refractivity contribution in [2.45, 2.75) is 53.1 Å². The quantitative estimate of drug-likeness (QED) is 0.815. The predicted molar refractivity (Wildman–Crippen MR) is 78.1 cm³/mol. The van der Waals surface area contributed by atoms with Gasteiger partial charge in [0.25, 0.3) is 0 Å². The van der Waals surface area contributed by atoms with Crippen LogP contribution >= 0.6 is 0 Å². The van der Waals surface area contributed by atoms with E-state index in [4.69, 9.17) is 9.97 Å². The molecule has 19 heavy (non-hydrogen) atoms. The van der Waals surface area contributed by atoms with E-state index in [0.29, 0.717) is 0 Å². The third kappa shape index (κ3) is 3.51. The number of hydrogen-bond donors (Lipinski definition) is 1. The maximum atomic E-state index is 4.80. The fraction of sp³-hybridized carbons (Fsp3) is 0.733. The average molecular weight is 262 g/mol. The van der Waals surface area contributed by atoms with Gasteiger partial charge in [-0.2, -0.15) is 0 Å². The van der Waals surface area contributed by atoms with Crippen molar-refractivity contribution in [1.29, 1.82) is 0 Å². The number of likely N-dealkylation sites (N-methyl/N-ethyl adjacent to an activating group) is 1. The maximum absolute atomic E-state index is 4.80. The number of nitrogens with zero attached hydrogens (tertiary/aromatic N) is 3. The lowest BCUT2D eigenvalue weighted by Crippen LogP contribution is -2.26. The summed E-state index contributed by atoms with van der Waals surface area (Å²) in [6, 6.07) is 0. The second-order valence-corrected chi connectivity index (χ2v) is 5.14. The topological polar surface area (TPSA) is 41.1 Å². The van der Waals surface area contributed by atoms with Crippen LogP contribution in [0.4, 0.5) is 0 Å². The molecular weight excluding hydrogens is 236 g/mol. The van der Waals surface area contributed by atoms with Crippen LogP contribution < -0.4 is 5.32 Å². The van der Waals surface area contributed by atoms with E-state index in [-0.39, 0.29) is 0 Å². The standard InChI is InChI=1S/C15H26N4/c1-4-7-13-12-10-16-11-14(12)18-15(17-13)8-9-19(5-2)6-3/h16H,4-11H2,1-3H3. The van der Waals surface area contributed by atoms with E-state index in [1.165, 1.54) is 17.0 Å². The van der Waals surface area contributed by atoms with Crippen molar-refractivity contribution in [3.8, 4) is 0 Å². The van der Waals surface area contributed by atoms with E-state index in [1.54, 1.807) is 0 Å². The smallest absolute Gasteiger partial charge is 0.130 e. The third-order valence-corrected chi connectivity index (χ3v) is 3.85. The molecular formula is C15H26N4. The van der Waals surface area contributed by atoms with Gasteiger partial charge in [-0.05, 0) is 19.5 Å². The molecule has 0 aliphatic carbocycles. The zero-order valence-corrected chi connectivity index (χ0v) is 12.5. The summed E-state index contributed by atoms with van der Waals surface area (Å²) in [6.07, 6.45) is 3.19. The first-order chi connectivity index (χ1) is 9.28. The van der Waals surface area contributed by atoms with Crippen LogP contribution in [0.3, 0.4) is 0 Å². The first-order valence-corrected chi connectivity index (χ1v) is 7.59. The largest absolute Gasteiger partial charge is 0.307 e. The molecule has 1 aliphatic heterocycles. The number of nitrogens with one attached hydrogen (secondary N) is 1. The van der Waals surface area contributed by atoms with Crippen molar-refractivity contribution in [2.24, 2.45) is 0 Å². The summed E-state index contributed by atoms with van der Waals surface area (Å²) in [5.41, 5.74) is 3.86. The molecule has 4 heteroatoms. The van der Waals surface area contributed by atoms with Crippen LogP contribution in [-0.2, 0) is 25.9 Å². The van der Waals surface area contributed by atoms with E-state index in [9.17, 15) is 0 Å². The molecule has 1 aliphatic rings. The van der Waals surface area contributed by atoms with Gasteiger partial charge in [0.2, 0.25) is 0 Å². The lowest BCUT2D eigenvalue weighted by Gasteiger charge is -2.17. The molecule has 1 aromatic rings. The second-order valence-electron chi connectivity index (χ2n) is 5.14. The normalized spacial score (nSPS) is 14.1. The second kappa shape index (κ2) is 6.96. The fourth-order valence-corrected chi connectivity index (χ4v) is 2.65. The maximum Gasteiger partial charge on any atom is 0.130 e. The molecule has 2 heterocycles. The summed E-state index contributed by atoms with van der Waals surface area (Å²) in [5, 5.41) is 3.39. The minimum Gasteiger partial charge on any atom is -0.307 e. The number of fused-ring (bicyclic) bond motifs is 1. The molecule has 0 aromatic carbocycles. The van der Waals surface area contributed by atoms with Gasteiger partial charge in [0.1, 0.15) is 5.82 Å². The van der Waals surface area contributed by atoms with Gasteiger partial charge in [-0.25, -0.2) is 9.97 Å². The van der Waals surface area contributed by atoms with Crippen LogP contribution in [-0.4, -0.2) is 34.5 Å². The van der Waals surface area contributed by atoms with Crippen LogP contribution in [0.1, 0.15) is 50.0 Å². The van der Waals surface area contributed by atoms with Crippen LogP contribution in [0.15, 0.2) is 0 Å². The SMILES string of the molecule is CCCc1nc(CCN(CC)CC)nc2c1CNC2. The van der Waals surface area contributed by atoms with E-state index in [2.05, 4.69) is 31.0 Å². The Morgan fingerprint density at radius 3 is 2.53 bits per heavy atom. The highest BCUT2D eigenvalue weighted by Crippen LogP contribution is 2.18. The van der Waals surface area contributed by atoms with Gasteiger partial charge >= 0.3 is 0 Å². The summed E-state index contributed by atoms with van der Waals surface area (Å²) in [5.74, 6) is 1.03. The van der Waals surface area contributed by atoms with Gasteiger partial charge in [0, 0.05) is 37.3 Å². The van der Waals surface area contributed by atoms with Gasteiger partial charge < -0.3 is 10.2 Å². The average Bonchev–Trinajstić information content (AvgIpc) is 2.89. The Kier molecular flexibility index (Phi) is 5.28. The van der Waals surface area contributed by atoms with Crippen molar-refractivity contribution in [3.05, 3.63) is 22.8 Å². The van der Waals surface area contributed by atoms with Crippen LogP contribution in [0, 0.1) is 0 Å². The summed E-state index contributed by atoms with van der Waals surface area (Å²) in [4.78, 5) is 12.0. The first-order valence-electron chi connectivity index (χ1n) is 7.59. The van der Waals surface area contributed by atoms with E-state index in [0.717, 1.165) is 57.8 Å². The van der Waals surface area contributed by atoms with Crippen molar-refractivity contribution in [3.63, 3.8) is 0 Å². The molecule has 1 N–H and O–H groups in total. The first kappa shape index (κ1) is 14.4. The van der Waals surface area contributed by atoms with Crippen molar-refractivity contribution >= 4 is 0 Å². The van der Waals surface area contributed by atoms with Crippen LogP contribution in [0.5, 0.6) is 0 Å². The number of aryl methyl sites for hydroxylation is 1. The lowest BCUT2D eigenvalue weighted by molar-refractivity contribution is 0.305. The summed E-state index contributed by atoms with van der Waals surface area (Å²) in [6.45, 7) is 11.7. The summed E-state index contributed by atoms with van der Waals surface area (Å²) in [7, 11) is 0. The van der Waals surface area contributed by atoms with Gasteiger partial charge in [-0.15, -0.1) is 0 Å². The molecule has 0 atom stereocenters.